The van der Waals surface area contributed by atoms with Gasteiger partial charge in [0.15, 0.2) is 5.84 Å². The predicted octanol–water partition coefficient (Wildman–Crippen LogP) is 0.988. The maximum absolute atomic E-state index is 9.72. The van der Waals surface area contributed by atoms with Crippen molar-refractivity contribution in [3.63, 3.8) is 0 Å². The molecule has 0 spiro atoms. The molecule has 0 atom stereocenters. The van der Waals surface area contributed by atoms with Gasteiger partial charge in [0.2, 0.25) is 0 Å². The molecule has 0 saturated heterocycles. The van der Waals surface area contributed by atoms with Crippen LogP contribution in [-0.4, -0.2) is 35.3 Å². The Kier molecular flexibility index (Phi) is 3.96. The summed E-state index contributed by atoms with van der Waals surface area (Å²) in [7, 11) is 1.90. The average molecular weight is 237 g/mol. The second-order valence-electron chi connectivity index (χ2n) is 4.70. The van der Waals surface area contributed by atoms with E-state index in [4.69, 9.17) is 10.9 Å². The van der Waals surface area contributed by atoms with Crippen LogP contribution in [0.1, 0.15) is 19.4 Å². The minimum atomic E-state index is -0.751. The topological polar surface area (TPSA) is 82.1 Å². The largest absolute Gasteiger partial charge is 0.409 e. The van der Waals surface area contributed by atoms with Crippen molar-refractivity contribution in [3.8, 4) is 0 Å². The van der Waals surface area contributed by atoms with Crippen LogP contribution in [0.25, 0.3) is 0 Å². The normalized spacial score (nSPS) is 12.6. The minimum absolute atomic E-state index is 0.0849. The second kappa shape index (κ2) is 5.05. The highest BCUT2D eigenvalue weighted by molar-refractivity contribution is 5.97. The molecular formula is C12H19N3O2. The Morgan fingerprint density at radius 1 is 1.35 bits per heavy atom. The summed E-state index contributed by atoms with van der Waals surface area (Å²) in [5.74, 6) is 0.0849. The summed E-state index contributed by atoms with van der Waals surface area (Å²) < 4.78 is 0. The molecule has 0 bridgehead atoms. The van der Waals surface area contributed by atoms with Crippen LogP contribution in [0, 0.1) is 0 Å². The molecule has 0 saturated carbocycles. The molecule has 1 aromatic carbocycles. The van der Waals surface area contributed by atoms with Gasteiger partial charge in [-0.25, -0.2) is 0 Å². The van der Waals surface area contributed by atoms with Crippen LogP contribution in [0.5, 0.6) is 0 Å². The molecule has 0 heterocycles. The van der Waals surface area contributed by atoms with E-state index in [1.807, 2.05) is 24.1 Å². The second-order valence-corrected chi connectivity index (χ2v) is 4.70. The number of hydrogen-bond donors (Lipinski definition) is 3. The Hall–Kier alpha value is -1.75. The van der Waals surface area contributed by atoms with E-state index in [2.05, 4.69) is 5.16 Å². The monoisotopic (exact) mass is 237 g/mol. The summed E-state index contributed by atoms with van der Waals surface area (Å²) in [5, 5.41) is 21.2. The Bertz CT molecular complexity index is 393. The standard InChI is InChI=1S/C12H19N3O2/c1-12(2,16)8-15(3)10-6-4-9(5-7-10)11(13)14-17/h4-7,16-17H,8H2,1-3H3,(H2,13,14). The summed E-state index contributed by atoms with van der Waals surface area (Å²) >= 11 is 0. The maximum Gasteiger partial charge on any atom is 0.170 e. The van der Waals surface area contributed by atoms with Crippen LogP contribution in [0.4, 0.5) is 5.69 Å². The van der Waals surface area contributed by atoms with E-state index in [0.717, 1.165) is 5.69 Å². The summed E-state index contributed by atoms with van der Waals surface area (Å²) in [6, 6.07) is 7.26. The van der Waals surface area contributed by atoms with E-state index in [9.17, 15) is 5.11 Å². The van der Waals surface area contributed by atoms with Crippen LogP contribution in [0.2, 0.25) is 0 Å². The quantitative estimate of drug-likeness (QED) is 0.315. The third-order valence-corrected chi connectivity index (χ3v) is 2.34. The third kappa shape index (κ3) is 3.96. The Balaban J connectivity index is 2.81. The van der Waals surface area contributed by atoms with Crippen LogP contribution >= 0.6 is 0 Å². The highest BCUT2D eigenvalue weighted by Gasteiger charge is 2.15. The van der Waals surface area contributed by atoms with Crippen molar-refractivity contribution in [1.29, 1.82) is 0 Å². The van der Waals surface area contributed by atoms with Gasteiger partial charge in [-0.05, 0) is 38.1 Å². The van der Waals surface area contributed by atoms with E-state index in [1.165, 1.54) is 0 Å². The van der Waals surface area contributed by atoms with Gasteiger partial charge in [-0.1, -0.05) is 5.16 Å². The number of nitrogens with two attached hydrogens (primary N) is 1. The molecule has 17 heavy (non-hydrogen) atoms. The van der Waals surface area contributed by atoms with Crippen LogP contribution in [0.3, 0.4) is 0 Å². The fourth-order valence-corrected chi connectivity index (χ4v) is 1.62. The van der Waals surface area contributed by atoms with Crippen molar-refractivity contribution in [2.24, 2.45) is 10.9 Å². The van der Waals surface area contributed by atoms with Crippen LogP contribution < -0.4 is 10.6 Å². The number of amidine groups is 1. The van der Waals surface area contributed by atoms with Crippen molar-refractivity contribution in [3.05, 3.63) is 29.8 Å². The summed E-state index contributed by atoms with van der Waals surface area (Å²) in [6.45, 7) is 4.04. The first-order chi connectivity index (χ1) is 7.83. The zero-order valence-corrected chi connectivity index (χ0v) is 10.4. The molecule has 0 fully saturated rings. The molecule has 4 N–H and O–H groups in total. The maximum atomic E-state index is 9.72. The lowest BCUT2D eigenvalue weighted by molar-refractivity contribution is 0.0886. The molecule has 5 nitrogen and oxygen atoms in total. The predicted molar refractivity (Wildman–Crippen MR) is 68.5 cm³/mol. The van der Waals surface area contributed by atoms with Gasteiger partial charge in [0.25, 0.3) is 0 Å². The minimum Gasteiger partial charge on any atom is -0.409 e. The molecule has 0 aliphatic rings. The fraction of sp³-hybridized carbons (Fsp3) is 0.417. The number of rotatable bonds is 4. The molecule has 0 unspecified atom stereocenters. The third-order valence-electron chi connectivity index (χ3n) is 2.34. The smallest absolute Gasteiger partial charge is 0.170 e. The van der Waals surface area contributed by atoms with Gasteiger partial charge in [0.1, 0.15) is 0 Å². The first-order valence-electron chi connectivity index (χ1n) is 5.35. The first-order valence-corrected chi connectivity index (χ1v) is 5.35. The van der Waals surface area contributed by atoms with Gasteiger partial charge in [0.05, 0.1) is 5.60 Å². The van der Waals surface area contributed by atoms with Gasteiger partial charge in [-0.15, -0.1) is 0 Å². The highest BCUT2D eigenvalue weighted by Crippen LogP contribution is 2.16. The number of aliphatic hydroxyl groups is 1. The van der Waals surface area contributed by atoms with Crippen molar-refractivity contribution < 1.29 is 10.3 Å². The van der Waals surface area contributed by atoms with E-state index >= 15 is 0 Å². The molecular weight excluding hydrogens is 218 g/mol. The molecule has 0 aliphatic heterocycles. The lowest BCUT2D eigenvalue weighted by Gasteiger charge is -2.27. The highest BCUT2D eigenvalue weighted by atomic mass is 16.4. The van der Waals surface area contributed by atoms with Gasteiger partial charge in [-0.2, -0.15) is 0 Å². The molecule has 0 radical (unpaired) electrons. The van der Waals surface area contributed by atoms with E-state index in [1.54, 1.807) is 26.0 Å². The number of anilines is 1. The molecule has 1 aromatic rings. The summed E-state index contributed by atoms with van der Waals surface area (Å²) in [5.41, 5.74) is 6.34. The Labute approximate surface area is 101 Å². The molecule has 0 amide bonds. The van der Waals surface area contributed by atoms with Crippen molar-refractivity contribution in [1.82, 2.24) is 0 Å². The van der Waals surface area contributed by atoms with Gasteiger partial charge < -0.3 is 20.9 Å². The van der Waals surface area contributed by atoms with Gasteiger partial charge >= 0.3 is 0 Å². The number of nitrogens with zero attached hydrogens (tertiary/aromatic N) is 2. The fourth-order valence-electron chi connectivity index (χ4n) is 1.62. The molecule has 1 rings (SSSR count). The summed E-state index contributed by atoms with van der Waals surface area (Å²) in [4.78, 5) is 1.94. The molecule has 94 valence electrons. The van der Waals surface area contributed by atoms with Crippen LogP contribution in [0.15, 0.2) is 29.4 Å². The summed E-state index contributed by atoms with van der Waals surface area (Å²) in [6.07, 6.45) is 0. The van der Waals surface area contributed by atoms with Gasteiger partial charge in [-0.3, -0.25) is 0 Å². The zero-order chi connectivity index (χ0) is 13.1. The van der Waals surface area contributed by atoms with Crippen LogP contribution in [-0.2, 0) is 0 Å². The molecule has 0 aromatic heterocycles. The van der Waals surface area contributed by atoms with E-state index < -0.39 is 5.60 Å². The van der Waals surface area contributed by atoms with Crippen molar-refractivity contribution in [2.75, 3.05) is 18.5 Å². The number of hydrogen-bond acceptors (Lipinski definition) is 4. The number of likely N-dealkylation sites (N-methyl/N-ethyl adjacent to an activating group) is 1. The van der Waals surface area contributed by atoms with Gasteiger partial charge in [0, 0.05) is 24.8 Å². The number of oxime groups is 1. The van der Waals surface area contributed by atoms with E-state index in [0.29, 0.717) is 12.1 Å². The van der Waals surface area contributed by atoms with E-state index in [-0.39, 0.29) is 5.84 Å². The van der Waals surface area contributed by atoms with Crippen molar-refractivity contribution >= 4 is 11.5 Å². The average Bonchev–Trinajstić information content (AvgIpc) is 2.26. The lowest BCUT2D eigenvalue weighted by Crippen LogP contribution is -2.36. The molecule has 5 heteroatoms. The lowest BCUT2D eigenvalue weighted by atomic mass is 10.1. The van der Waals surface area contributed by atoms with Crippen molar-refractivity contribution in [2.45, 2.75) is 19.4 Å². The SMILES string of the molecule is CN(CC(C)(C)O)c1ccc(C(N)=NO)cc1. The number of benzene rings is 1. The Morgan fingerprint density at radius 3 is 2.29 bits per heavy atom. The first kappa shape index (κ1) is 13.3. The zero-order valence-electron chi connectivity index (χ0n) is 10.4. The molecule has 0 aliphatic carbocycles. The Morgan fingerprint density at radius 2 is 1.88 bits per heavy atom.